The molecule has 21 heavy (non-hydrogen) atoms. The minimum Gasteiger partial charge on any atom is -0.436 e. The van der Waals surface area contributed by atoms with Gasteiger partial charge < -0.3 is 4.74 Å². The van der Waals surface area contributed by atoms with Gasteiger partial charge in [-0.05, 0) is 49.4 Å². The number of nitriles is 1. The first-order chi connectivity index (χ1) is 10.1. The molecule has 0 fully saturated rings. The minimum absolute atomic E-state index is 0.292. The Kier molecular flexibility index (Phi) is 4.54. The van der Waals surface area contributed by atoms with E-state index in [4.69, 9.17) is 4.74 Å². The zero-order valence-electron chi connectivity index (χ0n) is 12.9. The molecule has 2 aromatic rings. The first-order valence-corrected chi connectivity index (χ1v) is 7.14. The zero-order chi connectivity index (χ0) is 15.4. The molecule has 0 amide bonds. The van der Waals surface area contributed by atoms with Crippen molar-refractivity contribution >= 4 is 0 Å². The van der Waals surface area contributed by atoms with Gasteiger partial charge in [-0.25, -0.2) is 0 Å². The van der Waals surface area contributed by atoms with E-state index in [1.54, 1.807) is 0 Å². The molecule has 0 atom stereocenters. The molecule has 1 aromatic heterocycles. The van der Waals surface area contributed by atoms with Crippen LogP contribution in [-0.2, 0) is 12.8 Å². The van der Waals surface area contributed by atoms with Gasteiger partial charge in [0.25, 0.3) is 5.88 Å². The van der Waals surface area contributed by atoms with Crippen molar-refractivity contribution in [3.63, 3.8) is 0 Å². The van der Waals surface area contributed by atoms with Crippen LogP contribution in [0.3, 0.4) is 0 Å². The van der Waals surface area contributed by atoms with Gasteiger partial charge in [0.05, 0.1) is 5.69 Å². The molecule has 108 valence electrons. The van der Waals surface area contributed by atoms with Crippen LogP contribution in [0.5, 0.6) is 11.6 Å². The Balaban J connectivity index is 2.50. The SMILES string of the molecule is CCc1nnc(Oc2cc(C)ccc2C)c(C#N)c1CC. The van der Waals surface area contributed by atoms with E-state index in [0.717, 1.165) is 35.2 Å². The van der Waals surface area contributed by atoms with Crippen LogP contribution < -0.4 is 4.74 Å². The van der Waals surface area contributed by atoms with Gasteiger partial charge in [-0.2, -0.15) is 10.4 Å². The van der Waals surface area contributed by atoms with Crippen LogP contribution >= 0.6 is 0 Å². The van der Waals surface area contributed by atoms with Crippen molar-refractivity contribution in [1.82, 2.24) is 10.2 Å². The molecule has 1 heterocycles. The predicted octanol–water partition coefficient (Wildman–Crippen LogP) is 3.88. The molecule has 0 N–H and O–H groups in total. The monoisotopic (exact) mass is 281 g/mol. The molecule has 0 aliphatic rings. The topological polar surface area (TPSA) is 58.8 Å². The fourth-order valence-electron chi connectivity index (χ4n) is 2.26. The number of hydrogen-bond acceptors (Lipinski definition) is 4. The molecule has 4 nitrogen and oxygen atoms in total. The number of nitrogens with zero attached hydrogens (tertiary/aromatic N) is 3. The summed E-state index contributed by atoms with van der Waals surface area (Å²) in [5.74, 6) is 1.01. The summed E-state index contributed by atoms with van der Waals surface area (Å²) in [6.45, 7) is 7.99. The number of aryl methyl sites for hydroxylation is 3. The predicted molar refractivity (Wildman–Crippen MR) is 81.5 cm³/mol. The van der Waals surface area contributed by atoms with Gasteiger partial charge in [-0.3, -0.25) is 0 Å². The summed E-state index contributed by atoms with van der Waals surface area (Å²) in [5, 5.41) is 17.8. The van der Waals surface area contributed by atoms with Crippen LogP contribution in [0, 0.1) is 25.2 Å². The Morgan fingerprint density at radius 1 is 1.14 bits per heavy atom. The molecular formula is C17H19N3O. The lowest BCUT2D eigenvalue weighted by molar-refractivity contribution is 0.447. The average molecular weight is 281 g/mol. The average Bonchev–Trinajstić information content (AvgIpc) is 2.50. The molecule has 0 unspecified atom stereocenters. The summed E-state index contributed by atoms with van der Waals surface area (Å²) in [5.41, 5.74) is 4.38. The second kappa shape index (κ2) is 6.36. The van der Waals surface area contributed by atoms with E-state index in [9.17, 15) is 5.26 Å². The van der Waals surface area contributed by atoms with E-state index < -0.39 is 0 Å². The van der Waals surface area contributed by atoms with Gasteiger partial charge in [0, 0.05) is 0 Å². The lowest BCUT2D eigenvalue weighted by Gasteiger charge is -2.12. The molecule has 0 aliphatic heterocycles. The molecule has 4 heteroatoms. The maximum Gasteiger partial charge on any atom is 0.257 e. The first-order valence-electron chi connectivity index (χ1n) is 7.14. The number of ether oxygens (including phenoxy) is 1. The quantitative estimate of drug-likeness (QED) is 0.853. The van der Waals surface area contributed by atoms with Gasteiger partial charge in [0.1, 0.15) is 17.4 Å². The van der Waals surface area contributed by atoms with Crippen LogP contribution in [0.2, 0.25) is 0 Å². The molecule has 2 rings (SSSR count). The van der Waals surface area contributed by atoms with Crippen LogP contribution in [0.15, 0.2) is 18.2 Å². The van der Waals surface area contributed by atoms with Crippen molar-refractivity contribution in [2.45, 2.75) is 40.5 Å². The number of hydrogen-bond donors (Lipinski definition) is 0. The minimum atomic E-state index is 0.292. The van der Waals surface area contributed by atoms with E-state index in [-0.39, 0.29) is 0 Å². The van der Waals surface area contributed by atoms with Crippen molar-refractivity contribution in [3.8, 4) is 17.7 Å². The maximum atomic E-state index is 9.45. The van der Waals surface area contributed by atoms with E-state index >= 15 is 0 Å². The summed E-state index contributed by atoms with van der Waals surface area (Å²) in [7, 11) is 0. The molecule has 0 aliphatic carbocycles. The number of benzene rings is 1. The summed E-state index contributed by atoms with van der Waals surface area (Å²) >= 11 is 0. The standard InChI is InChI=1S/C17H19N3O/c1-5-13-14(10-18)17(20-19-15(13)6-2)21-16-9-11(3)7-8-12(16)4/h7-9H,5-6H2,1-4H3. The molecule has 1 aromatic carbocycles. The zero-order valence-corrected chi connectivity index (χ0v) is 12.9. The van der Waals surface area contributed by atoms with E-state index in [0.29, 0.717) is 17.2 Å². The van der Waals surface area contributed by atoms with Gasteiger partial charge in [0.15, 0.2) is 0 Å². The Labute approximate surface area is 125 Å². The van der Waals surface area contributed by atoms with Crippen molar-refractivity contribution in [1.29, 1.82) is 5.26 Å². The largest absolute Gasteiger partial charge is 0.436 e. The maximum absolute atomic E-state index is 9.45. The normalized spacial score (nSPS) is 10.2. The fraction of sp³-hybridized carbons (Fsp3) is 0.353. The highest BCUT2D eigenvalue weighted by atomic mass is 16.5. The summed E-state index contributed by atoms with van der Waals surface area (Å²) in [4.78, 5) is 0. The van der Waals surface area contributed by atoms with E-state index in [2.05, 4.69) is 16.3 Å². The highest BCUT2D eigenvalue weighted by molar-refractivity contribution is 5.48. The Morgan fingerprint density at radius 3 is 2.52 bits per heavy atom. The number of rotatable bonds is 4. The van der Waals surface area contributed by atoms with Crippen molar-refractivity contribution in [2.75, 3.05) is 0 Å². The highest BCUT2D eigenvalue weighted by Crippen LogP contribution is 2.29. The molecule has 0 saturated heterocycles. The Morgan fingerprint density at radius 2 is 1.90 bits per heavy atom. The van der Waals surface area contributed by atoms with Crippen molar-refractivity contribution in [2.24, 2.45) is 0 Å². The van der Waals surface area contributed by atoms with Crippen LogP contribution in [0.25, 0.3) is 0 Å². The lowest BCUT2D eigenvalue weighted by Crippen LogP contribution is -2.05. The third-order valence-corrected chi connectivity index (χ3v) is 3.48. The van der Waals surface area contributed by atoms with E-state index in [1.807, 2.05) is 45.9 Å². The van der Waals surface area contributed by atoms with Gasteiger partial charge in [-0.1, -0.05) is 26.0 Å². The van der Waals surface area contributed by atoms with Crippen LogP contribution in [0.4, 0.5) is 0 Å². The summed E-state index contributed by atoms with van der Waals surface area (Å²) < 4.78 is 5.86. The lowest BCUT2D eigenvalue weighted by atomic mass is 10.0. The third-order valence-electron chi connectivity index (χ3n) is 3.48. The molecule has 0 spiro atoms. The van der Waals surface area contributed by atoms with Crippen molar-refractivity contribution < 1.29 is 4.74 Å². The highest BCUT2D eigenvalue weighted by Gasteiger charge is 2.16. The molecule has 0 bridgehead atoms. The first kappa shape index (κ1) is 15.0. The Bertz CT molecular complexity index is 702. The Hall–Kier alpha value is -2.41. The van der Waals surface area contributed by atoms with Crippen molar-refractivity contribution in [3.05, 3.63) is 46.1 Å². The second-order valence-electron chi connectivity index (χ2n) is 5.00. The second-order valence-corrected chi connectivity index (χ2v) is 5.00. The van der Waals surface area contributed by atoms with Crippen LogP contribution in [0.1, 0.15) is 41.8 Å². The smallest absolute Gasteiger partial charge is 0.257 e. The summed E-state index contributed by atoms with van der Waals surface area (Å²) in [6.07, 6.45) is 1.50. The van der Waals surface area contributed by atoms with Gasteiger partial charge in [0.2, 0.25) is 0 Å². The molecule has 0 saturated carbocycles. The number of aromatic nitrogens is 2. The molecule has 0 radical (unpaired) electrons. The fourth-order valence-corrected chi connectivity index (χ4v) is 2.26. The van der Waals surface area contributed by atoms with Gasteiger partial charge in [-0.15, -0.1) is 5.10 Å². The van der Waals surface area contributed by atoms with Gasteiger partial charge >= 0.3 is 0 Å². The molecular weight excluding hydrogens is 262 g/mol. The van der Waals surface area contributed by atoms with E-state index in [1.165, 1.54) is 0 Å². The van der Waals surface area contributed by atoms with Crippen LogP contribution in [-0.4, -0.2) is 10.2 Å². The third kappa shape index (κ3) is 3.03. The summed E-state index contributed by atoms with van der Waals surface area (Å²) in [6, 6.07) is 8.17.